The number of halogens is 1. The molecule has 0 heterocycles. The highest BCUT2D eigenvalue weighted by Crippen LogP contribution is 2.62. The van der Waals surface area contributed by atoms with Crippen molar-refractivity contribution in [3.8, 4) is 0 Å². The molecule has 0 aromatic heterocycles. The Balaban J connectivity index is 2.39. The van der Waals surface area contributed by atoms with E-state index in [-0.39, 0.29) is 11.1 Å². The standard InChI is InChI=1S/C17H14BrO4P/c1-21-23(20,22-2)17-14(11-7-4-3-5-8-11)12-9-6-10-13(18)15(12)16(17)19/h3-10H,1-2H3. The zero-order chi connectivity index (χ0) is 16.6. The molecule has 0 saturated carbocycles. The zero-order valence-electron chi connectivity index (χ0n) is 12.6. The lowest BCUT2D eigenvalue weighted by atomic mass is 9.99. The molecule has 1 aliphatic rings. The second-order valence-corrected chi connectivity index (χ2v) is 7.97. The third-order valence-electron chi connectivity index (χ3n) is 3.78. The largest absolute Gasteiger partial charge is 0.365 e. The molecule has 23 heavy (non-hydrogen) atoms. The Hall–Kier alpha value is -1.52. The van der Waals surface area contributed by atoms with Gasteiger partial charge in [0.05, 0.1) is 0 Å². The van der Waals surface area contributed by atoms with Crippen LogP contribution in [0.15, 0.2) is 58.3 Å². The molecule has 118 valence electrons. The number of ketones is 1. The van der Waals surface area contributed by atoms with Crippen LogP contribution in [0.5, 0.6) is 0 Å². The number of rotatable bonds is 4. The van der Waals surface area contributed by atoms with E-state index in [0.717, 1.165) is 11.1 Å². The molecule has 0 saturated heterocycles. The summed E-state index contributed by atoms with van der Waals surface area (Å²) in [6.45, 7) is 0. The Morgan fingerprint density at radius 1 is 0.957 bits per heavy atom. The molecular formula is C17H14BrO4P. The van der Waals surface area contributed by atoms with E-state index in [4.69, 9.17) is 9.05 Å². The van der Waals surface area contributed by atoms with Crippen LogP contribution in [0.4, 0.5) is 0 Å². The number of benzene rings is 2. The quantitative estimate of drug-likeness (QED) is 0.695. The summed E-state index contributed by atoms with van der Waals surface area (Å²) in [7, 11) is -1.13. The van der Waals surface area contributed by atoms with Crippen molar-refractivity contribution in [3.63, 3.8) is 0 Å². The maximum Gasteiger partial charge on any atom is 0.365 e. The molecule has 0 radical (unpaired) electrons. The smallest absolute Gasteiger partial charge is 0.308 e. The molecule has 0 spiro atoms. The SMILES string of the molecule is COP(=O)(OC)C1=C(c2ccccc2)c2cccc(Br)c2C1=O. The lowest BCUT2D eigenvalue weighted by Gasteiger charge is -2.16. The highest BCUT2D eigenvalue weighted by Gasteiger charge is 2.43. The number of carbonyl (C=O) groups is 1. The van der Waals surface area contributed by atoms with E-state index < -0.39 is 7.60 Å². The van der Waals surface area contributed by atoms with E-state index in [1.54, 1.807) is 6.07 Å². The zero-order valence-corrected chi connectivity index (χ0v) is 15.1. The van der Waals surface area contributed by atoms with Gasteiger partial charge in [-0.25, -0.2) is 0 Å². The third kappa shape index (κ3) is 2.54. The lowest BCUT2D eigenvalue weighted by molar-refractivity contribution is 0.104. The minimum absolute atomic E-state index is 0.0793. The molecule has 0 amide bonds. The number of allylic oxidation sites excluding steroid dienone is 1. The van der Waals surface area contributed by atoms with Crippen molar-refractivity contribution in [1.82, 2.24) is 0 Å². The molecule has 6 heteroatoms. The van der Waals surface area contributed by atoms with Crippen LogP contribution in [0.1, 0.15) is 21.5 Å². The Morgan fingerprint density at radius 2 is 1.61 bits per heavy atom. The Labute approximate surface area is 142 Å². The van der Waals surface area contributed by atoms with Gasteiger partial charge < -0.3 is 9.05 Å². The Bertz CT molecular complexity index is 850. The average Bonchev–Trinajstić information content (AvgIpc) is 2.89. The summed E-state index contributed by atoms with van der Waals surface area (Å²) >= 11 is 3.41. The number of hydrogen-bond donors (Lipinski definition) is 0. The third-order valence-corrected chi connectivity index (χ3v) is 6.38. The first-order valence-corrected chi connectivity index (χ1v) is 9.22. The number of Topliss-reactive ketones (excluding diaryl/α,β-unsaturated/α-hetero) is 1. The van der Waals surface area contributed by atoms with Crippen LogP contribution >= 0.6 is 23.5 Å². The van der Waals surface area contributed by atoms with Crippen LogP contribution in [0.2, 0.25) is 0 Å². The second kappa shape index (κ2) is 6.17. The predicted octanol–water partition coefficient (Wildman–Crippen LogP) is 4.89. The molecule has 0 fully saturated rings. The van der Waals surface area contributed by atoms with Gasteiger partial charge in [-0.3, -0.25) is 9.36 Å². The van der Waals surface area contributed by atoms with Gasteiger partial charge in [0.2, 0.25) is 5.78 Å². The first kappa shape index (κ1) is 16.3. The van der Waals surface area contributed by atoms with E-state index in [1.165, 1.54) is 14.2 Å². The molecule has 0 bridgehead atoms. The average molecular weight is 393 g/mol. The van der Waals surface area contributed by atoms with Crippen molar-refractivity contribution in [2.24, 2.45) is 0 Å². The molecule has 0 N–H and O–H groups in total. The molecule has 3 rings (SSSR count). The van der Waals surface area contributed by atoms with Crippen LogP contribution in [0.3, 0.4) is 0 Å². The van der Waals surface area contributed by atoms with Gasteiger partial charge in [-0.1, -0.05) is 58.4 Å². The summed E-state index contributed by atoms with van der Waals surface area (Å²) in [6.07, 6.45) is 0. The van der Waals surface area contributed by atoms with Crippen LogP contribution in [0, 0.1) is 0 Å². The summed E-state index contributed by atoms with van der Waals surface area (Å²) in [5, 5.41) is 0.0793. The van der Waals surface area contributed by atoms with E-state index in [2.05, 4.69) is 15.9 Å². The predicted molar refractivity (Wildman–Crippen MR) is 92.6 cm³/mol. The molecule has 0 unspecified atom stereocenters. The highest BCUT2D eigenvalue weighted by molar-refractivity contribution is 9.10. The van der Waals surface area contributed by atoms with Crippen molar-refractivity contribution >= 4 is 34.9 Å². The van der Waals surface area contributed by atoms with Crippen LogP contribution in [0.25, 0.3) is 5.57 Å². The topological polar surface area (TPSA) is 52.6 Å². The number of carbonyl (C=O) groups excluding carboxylic acids is 1. The first-order valence-electron chi connectivity index (χ1n) is 6.89. The maximum atomic E-state index is 13.0. The van der Waals surface area contributed by atoms with Gasteiger partial charge >= 0.3 is 7.60 Å². The van der Waals surface area contributed by atoms with E-state index >= 15 is 0 Å². The molecule has 2 aromatic carbocycles. The van der Waals surface area contributed by atoms with Crippen LogP contribution in [-0.2, 0) is 13.6 Å². The molecular weight excluding hydrogens is 379 g/mol. The lowest BCUT2D eigenvalue weighted by Crippen LogP contribution is -2.03. The van der Waals surface area contributed by atoms with Gasteiger partial charge in [0.15, 0.2) is 0 Å². The molecule has 0 aliphatic heterocycles. The fraction of sp³-hybridized carbons (Fsp3) is 0.118. The molecule has 4 nitrogen and oxygen atoms in total. The van der Waals surface area contributed by atoms with Gasteiger partial charge in [-0.2, -0.15) is 0 Å². The fourth-order valence-electron chi connectivity index (χ4n) is 2.74. The number of hydrogen-bond acceptors (Lipinski definition) is 4. The summed E-state index contributed by atoms with van der Waals surface area (Å²) in [6, 6.07) is 14.8. The monoisotopic (exact) mass is 392 g/mol. The summed E-state index contributed by atoms with van der Waals surface area (Å²) in [4.78, 5) is 12.9. The molecule has 0 atom stereocenters. The molecule has 2 aromatic rings. The minimum Gasteiger partial charge on any atom is -0.308 e. The van der Waals surface area contributed by atoms with Crippen molar-refractivity contribution in [2.75, 3.05) is 14.2 Å². The van der Waals surface area contributed by atoms with Crippen LogP contribution in [-0.4, -0.2) is 20.0 Å². The van der Waals surface area contributed by atoms with E-state index in [0.29, 0.717) is 15.6 Å². The summed E-state index contributed by atoms with van der Waals surface area (Å²) < 4.78 is 23.9. The van der Waals surface area contributed by atoms with Crippen molar-refractivity contribution in [1.29, 1.82) is 0 Å². The first-order chi connectivity index (χ1) is 11.0. The van der Waals surface area contributed by atoms with Gasteiger partial charge in [-0.05, 0) is 17.2 Å². The summed E-state index contributed by atoms with van der Waals surface area (Å²) in [5.74, 6) is -0.335. The summed E-state index contributed by atoms with van der Waals surface area (Å²) in [5.41, 5.74) is 2.59. The van der Waals surface area contributed by atoms with Crippen molar-refractivity contribution in [3.05, 3.63) is 75.0 Å². The fourth-order valence-corrected chi connectivity index (χ4v) is 4.68. The Morgan fingerprint density at radius 3 is 2.22 bits per heavy atom. The number of fused-ring (bicyclic) bond motifs is 1. The molecule has 1 aliphatic carbocycles. The van der Waals surface area contributed by atoms with Gasteiger partial charge in [0.25, 0.3) is 0 Å². The van der Waals surface area contributed by atoms with E-state index in [1.807, 2.05) is 42.5 Å². The van der Waals surface area contributed by atoms with Crippen molar-refractivity contribution < 1.29 is 18.4 Å². The van der Waals surface area contributed by atoms with Gasteiger partial charge in [0.1, 0.15) is 5.31 Å². The minimum atomic E-state index is -3.70. The second-order valence-electron chi connectivity index (χ2n) is 4.94. The van der Waals surface area contributed by atoms with Crippen molar-refractivity contribution in [2.45, 2.75) is 0 Å². The normalized spacial score (nSPS) is 14.3. The Kier molecular flexibility index (Phi) is 4.39. The van der Waals surface area contributed by atoms with E-state index in [9.17, 15) is 9.36 Å². The highest BCUT2D eigenvalue weighted by atomic mass is 79.9. The van der Waals surface area contributed by atoms with Crippen LogP contribution < -0.4 is 0 Å². The van der Waals surface area contributed by atoms with Gasteiger partial charge in [-0.15, -0.1) is 0 Å². The van der Waals surface area contributed by atoms with Gasteiger partial charge in [0, 0.05) is 29.8 Å². The maximum absolute atomic E-state index is 13.0.